The highest BCUT2D eigenvalue weighted by Crippen LogP contribution is 2.24. The molecule has 1 aromatic carbocycles. The molecule has 0 spiro atoms. The van der Waals surface area contributed by atoms with E-state index in [1.807, 2.05) is 30.3 Å². The average molecular weight is 219 g/mol. The second-order valence-corrected chi connectivity index (χ2v) is 3.68. The predicted octanol–water partition coefficient (Wildman–Crippen LogP) is 2.86. The summed E-state index contributed by atoms with van der Waals surface area (Å²) < 4.78 is 0. The SMILES string of the molecule is NCc1cnccc1-c1cccc(Cl)c1. The first-order valence-electron chi connectivity index (χ1n) is 4.70. The summed E-state index contributed by atoms with van der Waals surface area (Å²) in [6.07, 6.45) is 3.55. The summed E-state index contributed by atoms with van der Waals surface area (Å²) in [5.74, 6) is 0. The quantitative estimate of drug-likeness (QED) is 0.842. The lowest BCUT2D eigenvalue weighted by molar-refractivity contribution is 1.05. The minimum Gasteiger partial charge on any atom is -0.326 e. The maximum absolute atomic E-state index is 5.94. The van der Waals surface area contributed by atoms with E-state index in [0.29, 0.717) is 6.54 Å². The van der Waals surface area contributed by atoms with E-state index in [2.05, 4.69) is 4.98 Å². The van der Waals surface area contributed by atoms with Gasteiger partial charge in [-0.05, 0) is 34.9 Å². The maximum Gasteiger partial charge on any atom is 0.0412 e. The van der Waals surface area contributed by atoms with Crippen molar-refractivity contribution < 1.29 is 0 Å². The molecule has 1 aromatic heterocycles. The minimum atomic E-state index is 0.482. The molecule has 0 saturated carbocycles. The van der Waals surface area contributed by atoms with Crippen molar-refractivity contribution in [2.75, 3.05) is 0 Å². The van der Waals surface area contributed by atoms with Gasteiger partial charge in [-0.25, -0.2) is 0 Å². The zero-order valence-corrected chi connectivity index (χ0v) is 8.91. The van der Waals surface area contributed by atoms with Crippen LogP contribution < -0.4 is 5.73 Å². The molecule has 0 fully saturated rings. The highest BCUT2D eigenvalue weighted by molar-refractivity contribution is 6.30. The molecule has 0 unspecified atom stereocenters. The molecule has 0 radical (unpaired) electrons. The van der Waals surface area contributed by atoms with Gasteiger partial charge in [-0.1, -0.05) is 23.7 Å². The second-order valence-electron chi connectivity index (χ2n) is 3.25. The fourth-order valence-corrected chi connectivity index (χ4v) is 1.72. The summed E-state index contributed by atoms with van der Waals surface area (Å²) in [6.45, 7) is 0.482. The Labute approximate surface area is 93.7 Å². The van der Waals surface area contributed by atoms with Crippen molar-refractivity contribution in [1.82, 2.24) is 4.98 Å². The lowest BCUT2D eigenvalue weighted by atomic mass is 10.0. The van der Waals surface area contributed by atoms with E-state index < -0.39 is 0 Å². The second kappa shape index (κ2) is 4.43. The smallest absolute Gasteiger partial charge is 0.0412 e. The van der Waals surface area contributed by atoms with Crippen LogP contribution >= 0.6 is 11.6 Å². The fourth-order valence-electron chi connectivity index (χ4n) is 1.53. The number of benzene rings is 1. The number of nitrogens with two attached hydrogens (primary N) is 1. The van der Waals surface area contributed by atoms with Crippen LogP contribution in [-0.4, -0.2) is 4.98 Å². The van der Waals surface area contributed by atoms with Crippen LogP contribution in [0.4, 0.5) is 0 Å². The zero-order chi connectivity index (χ0) is 10.7. The third-order valence-corrected chi connectivity index (χ3v) is 2.49. The van der Waals surface area contributed by atoms with E-state index in [1.54, 1.807) is 12.4 Å². The number of aromatic nitrogens is 1. The molecular formula is C12H11ClN2. The molecule has 0 aliphatic heterocycles. The van der Waals surface area contributed by atoms with Crippen molar-refractivity contribution in [3.8, 4) is 11.1 Å². The molecule has 0 aliphatic rings. The molecular weight excluding hydrogens is 208 g/mol. The van der Waals surface area contributed by atoms with Gasteiger partial charge >= 0.3 is 0 Å². The number of halogens is 1. The van der Waals surface area contributed by atoms with Crippen LogP contribution in [0.15, 0.2) is 42.7 Å². The van der Waals surface area contributed by atoms with E-state index in [4.69, 9.17) is 17.3 Å². The van der Waals surface area contributed by atoms with Gasteiger partial charge in [0.15, 0.2) is 0 Å². The van der Waals surface area contributed by atoms with Crippen LogP contribution in [0.3, 0.4) is 0 Å². The molecule has 0 saturated heterocycles. The first-order chi connectivity index (χ1) is 7.31. The standard InChI is InChI=1S/C12H11ClN2/c13-11-3-1-2-9(6-11)12-4-5-15-8-10(12)7-14/h1-6,8H,7,14H2. The molecule has 2 N–H and O–H groups in total. The van der Waals surface area contributed by atoms with Gasteiger partial charge in [0.25, 0.3) is 0 Å². The summed E-state index contributed by atoms with van der Waals surface area (Å²) in [7, 11) is 0. The van der Waals surface area contributed by atoms with E-state index in [9.17, 15) is 0 Å². The van der Waals surface area contributed by atoms with Gasteiger partial charge in [0.05, 0.1) is 0 Å². The number of nitrogens with zero attached hydrogens (tertiary/aromatic N) is 1. The summed E-state index contributed by atoms with van der Waals surface area (Å²) in [4.78, 5) is 4.05. The number of hydrogen-bond acceptors (Lipinski definition) is 2. The van der Waals surface area contributed by atoms with E-state index in [-0.39, 0.29) is 0 Å². The van der Waals surface area contributed by atoms with Crippen LogP contribution in [0.5, 0.6) is 0 Å². The lowest BCUT2D eigenvalue weighted by Crippen LogP contribution is -1.99. The molecule has 1 heterocycles. The first kappa shape index (κ1) is 10.1. The molecule has 0 aliphatic carbocycles. The Morgan fingerprint density at radius 2 is 2.13 bits per heavy atom. The van der Waals surface area contributed by atoms with E-state index >= 15 is 0 Å². The van der Waals surface area contributed by atoms with E-state index in [1.165, 1.54) is 0 Å². The third-order valence-electron chi connectivity index (χ3n) is 2.26. The van der Waals surface area contributed by atoms with Crippen molar-refractivity contribution in [2.24, 2.45) is 5.73 Å². The average Bonchev–Trinajstić information content (AvgIpc) is 2.29. The highest BCUT2D eigenvalue weighted by Gasteiger charge is 2.03. The van der Waals surface area contributed by atoms with Gasteiger partial charge in [0.1, 0.15) is 0 Å². The van der Waals surface area contributed by atoms with Crippen LogP contribution in [0, 0.1) is 0 Å². The number of hydrogen-bond donors (Lipinski definition) is 1. The third kappa shape index (κ3) is 2.17. The molecule has 0 atom stereocenters. The number of pyridine rings is 1. The first-order valence-corrected chi connectivity index (χ1v) is 5.08. The molecule has 0 amide bonds. The van der Waals surface area contributed by atoms with Crippen LogP contribution in [-0.2, 0) is 6.54 Å². The van der Waals surface area contributed by atoms with Crippen molar-refractivity contribution in [3.05, 3.63) is 53.3 Å². The Kier molecular flexibility index (Phi) is 2.99. The summed E-state index contributed by atoms with van der Waals surface area (Å²) in [5, 5.41) is 0.729. The highest BCUT2D eigenvalue weighted by atomic mass is 35.5. The minimum absolute atomic E-state index is 0.482. The van der Waals surface area contributed by atoms with Gasteiger partial charge in [-0.3, -0.25) is 4.98 Å². The van der Waals surface area contributed by atoms with Crippen molar-refractivity contribution in [3.63, 3.8) is 0 Å². The van der Waals surface area contributed by atoms with Gasteiger partial charge in [0, 0.05) is 24.0 Å². The topological polar surface area (TPSA) is 38.9 Å². The van der Waals surface area contributed by atoms with Crippen molar-refractivity contribution >= 4 is 11.6 Å². The lowest BCUT2D eigenvalue weighted by Gasteiger charge is -2.07. The largest absolute Gasteiger partial charge is 0.326 e. The monoisotopic (exact) mass is 218 g/mol. The Balaban J connectivity index is 2.53. The van der Waals surface area contributed by atoms with Gasteiger partial charge in [-0.15, -0.1) is 0 Å². The number of rotatable bonds is 2. The van der Waals surface area contributed by atoms with Crippen LogP contribution in [0.25, 0.3) is 11.1 Å². The molecule has 3 heteroatoms. The Morgan fingerprint density at radius 3 is 2.87 bits per heavy atom. The summed E-state index contributed by atoms with van der Waals surface area (Å²) in [5.41, 5.74) is 8.85. The normalized spacial score (nSPS) is 10.3. The van der Waals surface area contributed by atoms with Gasteiger partial charge < -0.3 is 5.73 Å². The van der Waals surface area contributed by atoms with Crippen LogP contribution in [0.2, 0.25) is 5.02 Å². The van der Waals surface area contributed by atoms with Gasteiger partial charge in [-0.2, -0.15) is 0 Å². The molecule has 76 valence electrons. The Hall–Kier alpha value is -1.38. The maximum atomic E-state index is 5.94. The molecule has 15 heavy (non-hydrogen) atoms. The van der Waals surface area contributed by atoms with Crippen molar-refractivity contribution in [2.45, 2.75) is 6.54 Å². The van der Waals surface area contributed by atoms with Crippen molar-refractivity contribution in [1.29, 1.82) is 0 Å². The van der Waals surface area contributed by atoms with Gasteiger partial charge in [0.2, 0.25) is 0 Å². The van der Waals surface area contributed by atoms with E-state index in [0.717, 1.165) is 21.7 Å². The Bertz CT molecular complexity index is 469. The Morgan fingerprint density at radius 1 is 1.27 bits per heavy atom. The fraction of sp³-hybridized carbons (Fsp3) is 0.0833. The predicted molar refractivity (Wildman–Crippen MR) is 62.6 cm³/mol. The summed E-state index contributed by atoms with van der Waals surface area (Å²) in [6, 6.07) is 9.68. The van der Waals surface area contributed by atoms with Crippen LogP contribution in [0.1, 0.15) is 5.56 Å². The molecule has 2 nitrogen and oxygen atoms in total. The molecule has 2 aromatic rings. The summed E-state index contributed by atoms with van der Waals surface area (Å²) >= 11 is 5.94. The molecule has 0 bridgehead atoms. The molecule has 2 rings (SSSR count). The zero-order valence-electron chi connectivity index (χ0n) is 8.15.